The van der Waals surface area contributed by atoms with Crippen molar-refractivity contribution in [3.63, 3.8) is 0 Å². The fraction of sp³-hybridized carbons (Fsp3) is 0.567. The van der Waals surface area contributed by atoms with Crippen molar-refractivity contribution in [2.24, 2.45) is 5.41 Å². The Morgan fingerprint density at radius 1 is 0.833 bits per heavy atom. The molecule has 3 aliphatic rings. The summed E-state index contributed by atoms with van der Waals surface area (Å²) < 4.78 is 69.9. The number of carbonyl (C=O) groups excluding carboxylic acids is 1. The summed E-state index contributed by atoms with van der Waals surface area (Å²) in [6.45, 7) is 6.81. The highest BCUT2D eigenvalue weighted by molar-refractivity contribution is 7.89. The average molecular weight is 621 g/mol. The normalized spacial score (nSPS) is 22.2. The molecule has 0 unspecified atom stereocenters. The third kappa shape index (κ3) is 6.57. The van der Waals surface area contributed by atoms with E-state index in [0.717, 1.165) is 44.6 Å². The standard InChI is InChI=1S/C30H41FN4O5S2/c1-29(2)13-14-30(23-35(29)42(39,40)27-8-6-7-24(31)21-27)15-19-33(20-16-30)22-28(36)32-25-9-11-26(12-10-25)41(37,38)34-17-4-3-5-18-34/h6-12,21H,3-5,13-20,22-23H2,1-2H3,(H,32,36). The van der Waals surface area contributed by atoms with Crippen molar-refractivity contribution in [2.45, 2.75) is 74.1 Å². The molecule has 3 heterocycles. The van der Waals surface area contributed by atoms with Crippen LogP contribution in [0.15, 0.2) is 58.3 Å². The Balaban J connectivity index is 1.17. The Bertz CT molecular complexity index is 1500. The molecule has 230 valence electrons. The number of amides is 1. The van der Waals surface area contributed by atoms with Gasteiger partial charge in [-0.3, -0.25) is 9.69 Å². The number of hydrogen-bond acceptors (Lipinski definition) is 6. The summed E-state index contributed by atoms with van der Waals surface area (Å²) in [5, 5.41) is 2.87. The summed E-state index contributed by atoms with van der Waals surface area (Å²) in [6, 6.07) is 11.5. The average Bonchev–Trinajstić information content (AvgIpc) is 2.96. The Morgan fingerprint density at radius 2 is 1.50 bits per heavy atom. The van der Waals surface area contributed by atoms with Crippen molar-refractivity contribution in [3.05, 3.63) is 54.3 Å². The van der Waals surface area contributed by atoms with E-state index in [-0.39, 0.29) is 27.7 Å². The van der Waals surface area contributed by atoms with Gasteiger partial charge in [-0.2, -0.15) is 8.61 Å². The molecule has 12 heteroatoms. The van der Waals surface area contributed by atoms with Gasteiger partial charge in [0.25, 0.3) is 0 Å². The lowest BCUT2D eigenvalue weighted by molar-refractivity contribution is -0.118. The van der Waals surface area contributed by atoms with Crippen LogP contribution in [0.25, 0.3) is 0 Å². The lowest BCUT2D eigenvalue weighted by Crippen LogP contribution is -2.59. The Labute approximate surface area is 249 Å². The second-order valence-electron chi connectivity index (χ2n) is 12.6. The number of benzene rings is 2. The third-order valence-electron chi connectivity index (χ3n) is 9.18. The molecule has 5 rings (SSSR count). The van der Waals surface area contributed by atoms with Crippen molar-refractivity contribution >= 4 is 31.6 Å². The van der Waals surface area contributed by atoms with Gasteiger partial charge in [-0.05, 0) is 113 Å². The van der Waals surface area contributed by atoms with E-state index >= 15 is 0 Å². The molecule has 9 nitrogen and oxygen atoms in total. The first kappa shape index (κ1) is 31.1. The zero-order valence-electron chi connectivity index (χ0n) is 24.4. The van der Waals surface area contributed by atoms with E-state index in [1.165, 1.54) is 22.5 Å². The Kier molecular flexibility index (Phi) is 8.84. The first-order chi connectivity index (χ1) is 19.8. The summed E-state index contributed by atoms with van der Waals surface area (Å²) in [6.07, 6.45) is 5.89. The van der Waals surface area contributed by atoms with E-state index in [0.29, 0.717) is 44.8 Å². The molecule has 0 atom stereocenters. The van der Waals surface area contributed by atoms with Crippen LogP contribution < -0.4 is 5.32 Å². The molecule has 3 fully saturated rings. The highest BCUT2D eigenvalue weighted by atomic mass is 32.2. The molecular weight excluding hydrogens is 579 g/mol. The van der Waals surface area contributed by atoms with Gasteiger partial charge in [-0.25, -0.2) is 21.2 Å². The molecule has 0 aliphatic carbocycles. The number of anilines is 1. The number of halogens is 1. The number of rotatable bonds is 7. The van der Waals surface area contributed by atoms with Crippen LogP contribution in [0.1, 0.15) is 58.8 Å². The predicted octanol–water partition coefficient (Wildman–Crippen LogP) is 4.28. The number of piperidine rings is 3. The maximum Gasteiger partial charge on any atom is 0.243 e. The van der Waals surface area contributed by atoms with Crippen molar-refractivity contribution in [3.8, 4) is 0 Å². The van der Waals surface area contributed by atoms with Gasteiger partial charge < -0.3 is 5.32 Å². The van der Waals surface area contributed by atoms with E-state index in [4.69, 9.17) is 0 Å². The van der Waals surface area contributed by atoms with Crippen LogP contribution in [-0.2, 0) is 24.8 Å². The fourth-order valence-corrected chi connectivity index (χ4v) is 9.89. The zero-order valence-corrected chi connectivity index (χ0v) is 26.0. The zero-order chi connectivity index (χ0) is 30.2. The monoisotopic (exact) mass is 620 g/mol. The van der Waals surface area contributed by atoms with Crippen molar-refractivity contribution in [1.82, 2.24) is 13.5 Å². The molecule has 0 saturated carbocycles. The van der Waals surface area contributed by atoms with E-state index in [1.54, 1.807) is 28.6 Å². The van der Waals surface area contributed by atoms with Crippen LogP contribution in [0, 0.1) is 11.2 Å². The predicted molar refractivity (Wildman–Crippen MR) is 159 cm³/mol. The molecule has 2 aromatic carbocycles. The first-order valence-electron chi connectivity index (χ1n) is 14.7. The summed E-state index contributed by atoms with van der Waals surface area (Å²) in [5.41, 5.74) is -0.243. The first-order valence-corrected chi connectivity index (χ1v) is 17.6. The molecule has 2 aromatic rings. The van der Waals surface area contributed by atoms with Crippen molar-refractivity contribution in [2.75, 3.05) is 44.6 Å². The van der Waals surface area contributed by atoms with E-state index < -0.39 is 31.4 Å². The van der Waals surface area contributed by atoms with Gasteiger partial charge in [0.1, 0.15) is 5.82 Å². The Morgan fingerprint density at radius 3 is 2.14 bits per heavy atom. The SMILES string of the molecule is CC1(C)CCC2(CCN(CC(=O)Nc3ccc(S(=O)(=O)N4CCCCC4)cc3)CC2)CN1S(=O)(=O)c1cccc(F)c1. The fourth-order valence-electron chi connectivity index (χ4n) is 6.42. The summed E-state index contributed by atoms with van der Waals surface area (Å²) in [7, 11) is -7.41. The van der Waals surface area contributed by atoms with Crippen LogP contribution in [-0.4, -0.2) is 81.1 Å². The van der Waals surface area contributed by atoms with Crippen molar-refractivity contribution in [1.29, 1.82) is 0 Å². The number of nitrogens with one attached hydrogen (secondary N) is 1. The van der Waals surface area contributed by atoms with Crippen molar-refractivity contribution < 1.29 is 26.0 Å². The molecular formula is C30H41FN4O5S2. The number of sulfonamides is 2. The molecule has 42 heavy (non-hydrogen) atoms. The summed E-state index contributed by atoms with van der Waals surface area (Å²) in [4.78, 5) is 15.1. The third-order valence-corrected chi connectivity index (χ3v) is 13.1. The molecule has 1 amide bonds. The van der Waals surface area contributed by atoms with Gasteiger partial charge >= 0.3 is 0 Å². The molecule has 0 aromatic heterocycles. The highest BCUT2D eigenvalue weighted by Gasteiger charge is 2.49. The van der Waals surface area contributed by atoms with Gasteiger partial charge in [-0.1, -0.05) is 12.5 Å². The van der Waals surface area contributed by atoms with Gasteiger partial charge in [0.05, 0.1) is 16.3 Å². The number of hydrogen-bond donors (Lipinski definition) is 1. The van der Waals surface area contributed by atoms with E-state index in [2.05, 4.69) is 10.2 Å². The number of carbonyl (C=O) groups is 1. The molecule has 1 spiro atoms. The molecule has 1 N–H and O–H groups in total. The quantitative estimate of drug-likeness (QED) is 0.495. The summed E-state index contributed by atoms with van der Waals surface area (Å²) in [5.74, 6) is -0.761. The minimum Gasteiger partial charge on any atom is -0.325 e. The van der Waals surface area contributed by atoms with Gasteiger partial charge in [0.2, 0.25) is 26.0 Å². The number of nitrogens with zero attached hydrogens (tertiary/aromatic N) is 3. The molecule has 0 bridgehead atoms. The molecule has 0 radical (unpaired) electrons. The van der Waals surface area contributed by atoms with Crippen LogP contribution in [0.2, 0.25) is 0 Å². The maximum absolute atomic E-state index is 13.9. The maximum atomic E-state index is 13.9. The van der Waals surface area contributed by atoms with E-state index in [1.807, 2.05) is 13.8 Å². The smallest absolute Gasteiger partial charge is 0.243 e. The minimum absolute atomic E-state index is 0.0288. The van der Waals surface area contributed by atoms with E-state index in [9.17, 15) is 26.0 Å². The van der Waals surface area contributed by atoms with Crippen LogP contribution in [0.3, 0.4) is 0 Å². The lowest BCUT2D eigenvalue weighted by atomic mass is 9.69. The second kappa shape index (κ2) is 12.0. The van der Waals surface area contributed by atoms with Crippen LogP contribution >= 0.6 is 0 Å². The molecule has 3 aliphatic heterocycles. The van der Waals surface area contributed by atoms with Crippen LogP contribution in [0.4, 0.5) is 10.1 Å². The van der Waals surface area contributed by atoms with Gasteiger partial charge in [-0.15, -0.1) is 0 Å². The Hall–Kier alpha value is -2.38. The second-order valence-corrected chi connectivity index (χ2v) is 16.4. The highest BCUT2D eigenvalue weighted by Crippen LogP contribution is 2.46. The summed E-state index contributed by atoms with van der Waals surface area (Å²) >= 11 is 0. The van der Waals surface area contributed by atoms with Gasteiger partial charge in [0, 0.05) is 30.9 Å². The molecule has 3 saturated heterocycles. The lowest BCUT2D eigenvalue weighted by Gasteiger charge is -2.53. The van der Waals surface area contributed by atoms with Gasteiger partial charge in [0.15, 0.2) is 0 Å². The van der Waals surface area contributed by atoms with Crippen LogP contribution in [0.5, 0.6) is 0 Å². The topological polar surface area (TPSA) is 107 Å². The largest absolute Gasteiger partial charge is 0.325 e. The number of likely N-dealkylation sites (tertiary alicyclic amines) is 1. The minimum atomic E-state index is -3.88.